The average Bonchev–Trinajstić information content (AvgIpc) is 2.84. The lowest BCUT2D eigenvalue weighted by Gasteiger charge is -2.30. The third-order valence-corrected chi connectivity index (χ3v) is 2.63. The van der Waals surface area contributed by atoms with Gasteiger partial charge >= 0.3 is 6.03 Å². The molecule has 13 heavy (non-hydrogen) atoms. The van der Waals surface area contributed by atoms with Crippen LogP contribution in [0.3, 0.4) is 0 Å². The van der Waals surface area contributed by atoms with Crippen molar-refractivity contribution in [2.75, 3.05) is 13.1 Å². The van der Waals surface area contributed by atoms with Gasteiger partial charge in [0.2, 0.25) is 5.91 Å². The molecule has 0 aromatic carbocycles. The van der Waals surface area contributed by atoms with Gasteiger partial charge in [0.25, 0.3) is 0 Å². The van der Waals surface area contributed by atoms with Crippen LogP contribution in [0.2, 0.25) is 0 Å². The topological polar surface area (TPSA) is 49.4 Å². The highest BCUT2D eigenvalue weighted by Gasteiger charge is 2.33. The first-order chi connectivity index (χ1) is 6.16. The summed E-state index contributed by atoms with van der Waals surface area (Å²) in [5.41, 5.74) is 0. The minimum absolute atomic E-state index is 0.0588. The molecule has 4 heteroatoms. The van der Waals surface area contributed by atoms with Gasteiger partial charge < -0.3 is 4.90 Å². The zero-order valence-electron chi connectivity index (χ0n) is 7.75. The molecule has 2 rings (SSSR count). The normalized spacial score (nSPS) is 29.0. The molecule has 72 valence electrons. The van der Waals surface area contributed by atoms with Gasteiger partial charge in [0, 0.05) is 13.1 Å². The molecule has 1 unspecified atom stereocenters. The Morgan fingerprint density at radius 2 is 2.15 bits per heavy atom. The van der Waals surface area contributed by atoms with Crippen LogP contribution in [0.15, 0.2) is 0 Å². The van der Waals surface area contributed by atoms with Crippen molar-refractivity contribution in [1.29, 1.82) is 0 Å². The highest BCUT2D eigenvalue weighted by atomic mass is 16.2. The maximum Gasteiger partial charge on any atom is 0.324 e. The minimum atomic E-state index is -0.213. The number of amides is 3. The van der Waals surface area contributed by atoms with E-state index in [1.54, 1.807) is 4.90 Å². The minimum Gasteiger partial charge on any atom is -0.323 e. The molecule has 1 heterocycles. The molecule has 0 radical (unpaired) electrons. The number of hydrogen-bond acceptors (Lipinski definition) is 2. The number of nitrogens with zero attached hydrogens (tertiary/aromatic N) is 1. The molecular weight excluding hydrogens is 168 g/mol. The number of carbonyl (C=O) groups excluding carboxylic acids is 2. The average molecular weight is 182 g/mol. The summed E-state index contributed by atoms with van der Waals surface area (Å²) in [4.78, 5) is 24.2. The first-order valence-electron chi connectivity index (χ1n) is 4.76. The van der Waals surface area contributed by atoms with Crippen LogP contribution in [0.4, 0.5) is 4.79 Å². The number of nitrogens with one attached hydrogen (secondary N) is 1. The Kier molecular flexibility index (Phi) is 1.98. The van der Waals surface area contributed by atoms with Crippen molar-refractivity contribution in [2.24, 2.45) is 11.8 Å². The van der Waals surface area contributed by atoms with Crippen LogP contribution in [-0.4, -0.2) is 29.9 Å². The molecule has 2 fully saturated rings. The van der Waals surface area contributed by atoms with E-state index in [-0.39, 0.29) is 17.9 Å². The number of imide groups is 1. The van der Waals surface area contributed by atoms with Crippen molar-refractivity contribution in [2.45, 2.75) is 19.8 Å². The second-order valence-electron chi connectivity index (χ2n) is 4.04. The van der Waals surface area contributed by atoms with Gasteiger partial charge in [-0.05, 0) is 18.8 Å². The van der Waals surface area contributed by atoms with Gasteiger partial charge in [-0.2, -0.15) is 0 Å². The van der Waals surface area contributed by atoms with Crippen molar-refractivity contribution < 1.29 is 9.59 Å². The van der Waals surface area contributed by atoms with Crippen LogP contribution in [0.25, 0.3) is 0 Å². The summed E-state index contributed by atoms with van der Waals surface area (Å²) in [5.74, 6) is 0.486. The lowest BCUT2D eigenvalue weighted by molar-refractivity contribution is -0.125. The molecular formula is C9H14N2O2. The predicted octanol–water partition coefficient (Wildman–Crippen LogP) is 0.584. The Balaban J connectivity index is 1.94. The van der Waals surface area contributed by atoms with Gasteiger partial charge in [-0.1, -0.05) is 6.92 Å². The summed E-state index contributed by atoms with van der Waals surface area (Å²) < 4.78 is 0. The van der Waals surface area contributed by atoms with E-state index in [1.165, 1.54) is 12.8 Å². The van der Waals surface area contributed by atoms with Crippen LogP contribution in [0, 0.1) is 11.8 Å². The SMILES string of the molecule is CC1CN(CC2CC2)C(=O)NC1=O. The van der Waals surface area contributed by atoms with Gasteiger partial charge in [0.05, 0.1) is 5.92 Å². The van der Waals surface area contributed by atoms with Gasteiger partial charge in [0.15, 0.2) is 0 Å². The van der Waals surface area contributed by atoms with E-state index >= 15 is 0 Å². The van der Waals surface area contributed by atoms with Crippen molar-refractivity contribution in [1.82, 2.24) is 10.2 Å². The molecule has 3 amide bonds. The fraction of sp³-hybridized carbons (Fsp3) is 0.778. The lowest BCUT2D eigenvalue weighted by atomic mass is 10.1. The van der Waals surface area contributed by atoms with E-state index in [1.807, 2.05) is 6.92 Å². The molecule has 2 aliphatic rings. The number of carbonyl (C=O) groups is 2. The van der Waals surface area contributed by atoms with Crippen molar-refractivity contribution in [3.63, 3.8) is 0 Å². The van der Waals surface area contributed by atoms with Gasteiger partial charge in [-0.3, -0.25) is 10.1 Å². The summed E-state index contributed by atoms with van der Waals surface area (Å²) in [6.07, 6.45) is 2.46. The van der Waals surface area contributed by atoms with Crippen molar-refractivity contribution in [3.05, 3.63) is 0 Å². The molecule has 0 aromatic heterocycles. The third kappa shape index (κ3) is 1.82. The van der Waals surface area contributed by atoms with Crippen LogP contribution in [-0.2, 0) is 4.79 Å². The standard InChI is InChI=1S/C9H14N2O2/c1-6-4-11(5-7-2-3-7)9(13)10-8(6)12/h6-7H,2-5H2,1H3,(H,10,12,13). The number of urea groups is 1. The molecule has 4 nitrogen and oxygen atoms in total. The van der Waals surface area contributed by atoms with E-state index in [9.17, 15) is 9.59 Å². The van der Waals surface area contributed by atoms with Crippen LogP contribution < -0.4 is 5.32 Å². The van der Waals surface area contributed by atoms with Gasteiger partial charge in [0.1, 0.15) is 0 Å². The number of hydrogen-bond donors (Lipinski definition) is 1. The smallest absolute Gasteiger partial charge is 0.323 e. The van der Waals surface area contributed by atoms with E-state index in [0.29, 0.717) is 12.5 Å². The molecule has 1 aliphatic heterocycles. The van der Waals surface area contributed by atoms with Crippen molar-refractivity contribution in [3.8, 4) is 0 Å². The first-order valence-corrected chi connectivity index (χ1v) is 4.76. The Labute approximate surface area is 77.3 Å². The van der Waals surface area contributed by atoms with Crippen molar-refractivity contribution >= 4 is 11.9 Å². The molecule has 0 bridgehead atoms. The highest BCUT2D eigenvalue weighted by Crippen LogP contribution is 2.30. The number of rotatable bonds is 2. The molecule has 1 aliphatic carbocycles. The summed E-state index contributed by atoms with van der Waals surface area (Å²) in [7, 11) is 0. The fourth-order valence-corrected chi connectivity index (χ4v) is 1.57. The largest absolute Gasteiger partial charge is 0.324 e. The maximum absolute atomic E-state index is 11.3. The molecule has 1 saturated heterocycles. The molecule has 0 spiro atoms. The highest BCUT2D eigenvalue weighted by molar-refractivity contribution is 5.97. The second kappa shape index (κ2) is 3.01. The summed E-state index contributed by atoms with van der Waals surface area (Å²) in [5, 5.41) is 2.36. The molecule has 1 atom stereocenters. The molecule has 1 saturated carbocycles. The Bertz CT molecular complexity index is 248. The van der Waals surface area contributed by atoms with E-state index in [2.05, 4.69) is 5.32 Å². The third-order valence-electron chi connectivity index (χ3n) is 2.63. The Hall–Kier alpha value is -1.06. The molecule has 1 N–H and O–H groups in total. The van der Waals surface area contributed by atoms with E-state index in [4.69, 9.17) is 0 Å². The monoisotopic (exact) mass is 182 g/mol. The van der Waals surface area contributed by atoms with Crippen LogP contribution in [0.1, 0.15) is 19.8 Å². The van der Waals surface area contributed by atoms with Crippen LogP contribution in [0.5, 0.6) is 0 Å². The second-order valence-corrected chi connectivity index (χ2v) is 4.04. The quantitative estimate of drug-likeness (QED) is 0.679. The zero-order valence-corrected chi connectivity index (χ0v) is 7.75. The fourth-order valence-electron chi connectivity index (χ4n) is 1.57. The summed E-state index contributed by atoms with van der Waals surface area (Å²) >= 11 is 0. The van der Waals surface area contributed by atoms with E-state index < -0.39 is 0 Å². The van der Waals surface area contributed by atoms with E-state index in [0.717, 1.165) is 6.54 Å². The summed E-state index contributed by atoms with van der Waals surface area (Å²) in [6, 6.07) is -0.213. The zero-order chi connectivity index (χ0) is 9.42. The van der Waals surface area contributed by atoms with Crippen LogP contribution >= 0.6 is 0 Å². The maximum atomic E-state index is 11.3. The predicted molar refractivity (Wildman–Crippen MR) is 47.0 cm³/mol. The van der Waals surface area contributed by atoms with Gasteiger partial charge in [-0.25, -0.2) is 4.79 Å². The first kappa shape index (κ1) is 8.53. The van der Waals surface area contributed by atoms with Gasteiger partial charge in [-0.15, -0.1) is 0 Å². The summed E-state index contributed by atoms with van der Waals surface area (Å²) in [6.45, 7) is 3.26. The molecule has 0 aromatic rings. The lowest BCUT2D eigenvalue weighted by Crippen LogP contribution is -2.54. The Morgan fingerprint density at radius 3 is 2.77 bits per heavy atom. The Morgan fingerprint density at radius 1 is 1.46 bits per heavy atom.